The van der Waals surface area contributed by atoms with Gasteiger partial charge in [-0.2, -0.15) is 0 Å². The Hall–Kier alpha value is -0.860. The number of benzene rings is 1. The van der Waals surface area contributed by atoms with Gasteiger partial charge in [0, 0.05) is 19.4 Å². The molecule has 1 aromatic carbocycles. The van der Waals surface area contributed by atoms with Crippen LogP contribution in [0.4, 0.5) is 0 Å². The summed E-state index contributed by atoms with van der Waals surface area (Å²) in [4.78, 5) is 0. The number of ether oxygens (including phenoxy) is 1. The Balaban J connectivity index is 2.20. The van der Waals surface area contributed by atoms with E-state index in [9.17, 15) is 5.11 Å². The van der Waals surface area contributed by atoms with Crippen LogP contribution in [-0.4, -0.2) is 23.4 Å². The normalized spacial score (nSPS) is 27.5. The smallest absolute Gasteiger partial charge is 0.0734 e. The number of aryl methyl sites for hydroxylation is 3. The second-order valence-electron chi connectivity index (χ2n) is 6.13. The zero-order valence-electron chi connectivity index (χ0n) is 12.6. The fourth-order valence-electron chi connectivity index (χ4n) is 3.24. The molecule has 0 aromatic heterocycles. The molecule has 1 N–H and O–H groups in total. The summed E-state index contributed by atoms with van der Waals surface area (Å²) in [6, 6.07) is 4.42. The summed E-state index contributed by atoms with van der Waals surface area (Å²) in [5, 5.41) is 10.9. The van der Waals surface area contributed by atoms with Gasteiger partial charge in [0.05, 0.1) is 11.7 Å². The molecule has 2 heteroatoms. The van der Waals surface area contributed by atoms with Gasteiger partial charge in [-0.3, -0.25) is 0 Å². The van der Waals surface area contributed by atoms with Gasteiger partial charge in [-0.15, -0.1) is 0 Å². The van der Waals surface area contributed by atoms with E-state index >= 15 is 0 Å². The van der Waals surface area contributed by atoms with Crippen molar-refractivity contribution in [2.75, 3.05) is 6.61 Å². The van der Waals surface area contributed by atoms with Crippen LogP contribution < -0.4 is 0 Å². The lowest BCUT2D eigenvalue weighted by Gasteiger charge is -2.37. The quantitative estimate of drug-likeness (QED) is 0.903. The van der Waals surface area contributed by atoms with Crippen molar-refractivity contribution in [3.63, 3.8) is 0 Å². The Morgan fingerprint density at radius 1 is 1.26 bits per heavy atom. The molecule has 1 fully saturated rings. The molecule has 0 amide bonds. The van der Waals surface area contributed by atoms with E-state index in [1.165, 1.54) is 22.3 Å². The van der Waals surface area contributed by atoms with Gasteiger partial charge >= 0.3 is 0 Å². The van der Waals surface area contributed by atoms with Crippen LogP contribution in [0.15, 0.2) is 12.1 Å². The van der Waals surface area contributed by atoms with Crippen LogP contribution in [0.1, 0.15) is 48.4 Å². The van der Waals surface area contributed by atoms with E-state index in [1.54, 1.807) is 0 Å². The highest BCUT2D eigenvalue weighted by Crippen LogP contribution is 2.32. The molecule has 0 aliphatic carbocycles. The van der Waals surface area contributed by atoms with Crippen molar-refractivity contribution < 1.29 is 9.84 Å². The molecule has 1 heterocycles. The third-order valence-corrected chi connectivity index (χ3v) is 4.33. The van der Waals surface area contributed by atoms with E-state index in [4.69, 9.17) is 4.74 Å². The summed E-state index contributed by atoms with van der Waals surface area (Å²) in [5.41, 5.74) is 4.61. The van der Waals surface area contributed by atoms with Crippen LogP contribution in [0.2, 0.25) is 0 Å². The zero-order chi connectivity index (χ0) is 14.0. The molecule has 2 atom stereocenters. The highest BCUT2D eigenvalue weighted by molar-refractivity contribution is 5.38. The van der Waals surface area contributed by atoms with Crippen molar-refractivity contribution in [2.45, 2.75) is 65.1 Å². The van der Waals surface area contributed by atoms with Crippen LogP contribution in [-0.2, 0) is 11.2 Å². The summed E-state index contributed by atoms with van der Waals surface area (Å²) in [6.45, 7) is 9.22. The third kappa shape index (κ3) is 3.37. The summed E-state index contributed by atoms with van der Waals surface area (Å²) in [6.07, 6.45) is 3.45. The monoisotopic (exact) mass is 262 g/mol. The average molecular weight is 262 g/mol. The summed E-state index contributed by atoms with van der Waals surface area (Å²) >= 11 is 0. The van der Waals surface area contributed by atoms with Crippen molar-refractivity contribution >= 4 is 0 Å². The molecule has 0 radical (unpaired) electrons. The highest BCUT2D eigenvalue weighted by atomic mass is 16.5. The predicted molar refractivity (Wildman–Crippen MR) is 78.6 cm³/mol. The molecule has 1 aliphatic heterocycles. The molecular formula is C17H26O2. The van der Waals surface area contributed by atoms with Crippen LogP contribution in [0.5, 0.6) is 0 Å². The second kappa shape index (κ2) is 5.64. The van der Waals surface area contributed by atoms with Gasteiger partial charge in [-0.1, -0.05) is 24.6 Å². The Morgan fingerprint density at radius 3 is 2.47 bits per heavy atom. The minimum atomic E-state index is -0.594. The SMILES string of the molecule is CCC1CC(O)(Cc2c(C)cc(C)cc2C)CCO1. The molecule has 0 saturated carbocycles. The first-order valence-corrected chi connectivity index (χ1v) is 7.34. The van der Waals surface area contributed by atoms with E-state index in [-0.39, 0.29) is 6.10 Å². The molecule has 19 heavy (non-hydrogen) atoms. The Bertz CT molecular complexity index is 430. The van der Waals surface area contributed by atoms with Gasteiger partial charge in [0.1, 0.15) is 0 Å². The first-order chi connectivity index (χ1) is 8.93. The van der Waals surface area contributed by atoms with Crippen molar-refractivity contribution in [3.8, 4) is 0 Å². The molecule has 2 rings (SSSR count). The maximum absolute atomic E-state index is 10.9. The van der Waals surface area contributed by atoms with Crippen LogP contribution in [0.25, 0.3) is 0 Å². The van der Waals surface area contributed by atoms with Crippen molar-refractivity contribution in [2.24, 2.45) is 0 Å². The molecule has 106 valence electrons. The molecular weight excluding hydrogens is 236 g/mol. The van der Waals surface area contributed by atoms with E-state index in [1.807, 2.05) is 0 Å². The zero-order valence-corrected chi connectivity index (χ0v) is 12.6. The third-order valence-electron chi connectivity index (χ3n) is 4.33. The van der Waals surface area contributed by atoms with E-state index in [0.717, 1.165) is 25.7 Å². The van der Waals surface area contributed by atoms with Gasteiger partial charge in [0.2, 0.25) is 0 Å². The molecule has 1 aliphatic rings. The molecule has 2 unspecified atom stereocenters. The first-order valence-electron chi connectivity index (χ1n) is 7.34. The summed E-state index contributed by atoms with van der Waals surface area (Å²) in [5.74, 6) is 0. The summed E-state index contributed by atoms with van der Waals surface area (Å²) in [7, 11) is 0. The van der Waals surface area contributed by atoms with Gasteiger partial charge in [-0.05, 0) is 50.3 Å². The minimum absolute atomic E-state index is 0.213. The highest BCUT2D eigenvalue weighted by Gasteiger charge is 2.35. The molecule has 1 aromatic rings. The number of aliphatic hydroxyl groups is 1. The van der Waals surface area contributed by atoms with Crippen LogP contribution in [0, 0.1) is 20.8 Å². The molecule has 2 nitrogen and oxygen atoms in total. The van der Waals surface area contributed by atoms with E-state index < -0.39 is 5.60 Å². The fraction of sp³-hybridized carbons (Fsp3) is 0.647. The maximum Gasteiger partial charge on any atom is 0.0734 e. The Morgan fingerprint density at radius 2 is 1.89 bits per heavy atom. The molecule has 0 spiro atoms. The topological polar surface area (TPSA) is 29.5 Å². The molecule has 0 bridgehead atoms. The van der Waals surface area contributed by atoms with Crippen LogP contribution >= 0.6 is 0 Å². The number of rotatable bonds is 3. The van der Waals surface area contributed by atoms with Crippen molar-refractivity contribution in [1.29, 1.82) is 0 Å². The minimum Gasteiger partial charge on any atom is -0.389 e. The van der Waals surface area contributed by atoms with Crippen molar-refractivity contribution in [1.82, 2.24) is 0 Å². The average Bonchev–Trinajstić information content (AvgIpc) is 2.34. The lowest BCUT2D eigenvalue weighted by atomic mass is 9.81. The molecule has 1 saturated heterocycles. The number of hydrogen-bond acceptors (Lipinski definition) is 2. The van der Waals surface area contributed by atoms with Gasteiger partial charge in [-0.25, -0.2) is 0 Å². The lowest BCUT2D eigenvalue weighted by Crippen LogP contribution is -2.42. The standard InChI is InChI=1S/C17H26O2/c1-5-15-10-17(18,6-7-19-15)11-16-13(3)8-12(2)9-14(16)4/h8-9,15,18H,5-7,10-11H2,1-4H3. The summed E-state index contributed by atoms with van der Waals surface area (Å²) < 4.78 is 5.68. The van der Waals surface area contributed by atoms with E-state index in [0.29, 0.717) is 6.61 Å². The lowest BCUT2D eigenvalue weighted by molar-refractivity contribution is -0.103. The van der Waals surface area contributed by atoms with Gasteiger partial charge in [0.15, 0.2) is 0 Å². The number of hydrogen-bond donors (Lipinski definition) is 1. The first kappa shape index (κ1) is 14.5. The predicted octanol–water partition coefficient (Wildman–Crippen LogP) is 3.47. The second-order valence-corrected chi connectivity index (χ2v) is 6.13. The largest absolute Gasteiger partial charge is 0.389 e. The Kier molecular flexibility index (Phi) is 4.32. The van der Waals surface area contributed by atoms with Crippen LogP contribution in [0.3, 0.4) is 0 Å². The van der Waals surface area contributed by atoms with Gasteiger partial charge in [0.25, 0.3) is 0 Å². The fourth-order valence-corrected chi connectivity index (χ4v) is 3.24. The maximum atomic E-state index is 10.9. The Labute approximate surface area is 116 Å². The van der Waals surface area contributed by atoms with E-state index in [2.05, 4.69) is 39.8 Å². The van der Waals surface area contributed by atoms with Crippen molar-refractivity contribution in [3.05, 3.63) is 34.4 Å². The van der Waals surface area contributed by atoms with Gasteiger partial charge < -0.3 is 9.84 Å².